The van der Waals surface area contributed by atoms with Crippen LogP contribution in [-0.4, -0.2) is 40.8 Å². The van der Waals surface area contributed by atoms with E-state index in [0.29, 0.717) is 0 Å². The molecule has 1 aliphatic heterocycles. The first-order valence-electron chi connectivity index (χ1n) is 9.38. The van der Waals surface area contributed by atoms with Gasteiger partial charge in [0.15, 0.2) is 0 Å². The van der Waals surface area contributed by atoms with Gasteiger partial charge in [-0.05, 0) is 40.3 Å². The first kappa shape index (κ1) is 20.4. The van der Waals surface area contributed by atoms with Crippen molar-refractivity contribution in [3.8, 4) is 0 Å². The van der Waals surface area contributed by atoms with Crippen LogP contribution in [0.5, 0.6) is 0 Å². The molecule has 0 aliphatic carbocycles. The van der Waals surface area contributed by atoms with Crippen LogP contribution in [0, 0.1) is 11.8 Å². The number of imide groups is 1. The van der Waals surface area contributed by atoms with Crippen LogP contribution in [0.4, 0.5) is 4.79 Å². The summed E-state index contributed by atoms with van der Waals surface area (Å²) in [5.41, 5.74) is 0. The summed E-state index contributed by atoms with van der Waals surface area (Å²) in [5, 5.41) is 14.5. The maximum Gasteiger partial charge on any atom is 0.416 e. The Hall–Kier alpha value is -2.31. The van der Waals surface area contributed by atoms with Gasteiger partial charge in [-0.1, -0.05) is 62.9 Å². The van der Waals surface area contributed by atoms with E-state index in [0.717, 1.165) is 15.2 Å². The summed E-state index contributed by atoms with van der Waals surface area (Å²) in [6.07, 6.45) is -0.0206. The summed E-state index contributed by atoms with van der Waals surface area (Å²) >= 11 is 1.47. The molecule has 3 rings (SSSR count). The van der Waals surface area contributed by atoms with Gasteiger partial charge in [0.25, 0.3) is 0 Å². The van der Waals surface area contributed by atoms with Crippen molar-refractivity contribution in [2.24, 2.45) is 11.8 Å². The number of carbonyl (C=O) groups excluding carboxylic acids is 2. The van der Waals surface area contributed by atoms with Gasteiger partial charge < -0.3 is 9.84 Å². The molecule has 0 radical (unpaired) electrons. The Morgan fingerprint density at radius 2 is 1.93 bits per heavy atom. The second kappa shape index (κ2) is 8.80. The van der Waals surface area contributed by atoms with Crippen molar-refractivity contribution in [2.75, 3.05) is 6.61 Å². The third-order valence-corrected chi connectivity index (χ3v) is 5.83. The van der Waals surface area contributed by atoms with E-state index in [4.69, 9.17) is 4.74 Å². The Balaban J connectivity index is 1.63. The molecule has 0 spiro atoms. The Kier molecular flexibility index (Phi) is 6.42. The van der Waals surface area contributed by atoms with Crippen LogP contribution in [0.25, 0.3) is 10.8 Å². The molecule has 5 nitrogen and oxygen atoms in total. The smallest absolute Gasteiger partial charge is 0.416 e. The van der Waals surface area contributed by atoms with Crippen LogP contribution in [0.3, 0.4) is 0 Å². The fourth-order valence-corrected chi connectivity index (χ4v) is 3.89. The van der Waals surface area contributed by atoms with Crippen LogP contribution in [0.2, 0.25) is 0 Å². The highest BCUT2D eigenvalue weighted by atomic mass is 32.2. The van der Waals surface area contributed by atoms with Gasteiger partial charge >= 0.3 is 6.09 Å². The van der Waals surface area contributed by atoms with Gasteiger partial charge in [-0.15, -0.1) is 0 Å². The molecule has 2 aromatic rings. The fourth-order valence-electron chi connectivity index (χ4n) is 3.15. The van der Waals surface area contributed by atoms with Crippen LogP contribution in [0.15, 0.2) is 58.8 Å². The third-order valence-electron chi connectivity index (χ3n) is 5.02. The molecule has 0 aromatic heterocycles. The number of amides is 2. The van der Waals surface area contributed by atoms with E-state index in [2.05, 4.69) is 24.3 Å². The SMILES string of the molecule is CC(C)[C@H]1COC(=O)N1C(=O)[C@H](C)[C@@H](O)/C=C/Sc1ccc2ccccc2c1. The highest BCUT2D eigenvalue weighted by Crippen LogP contribution is 2.26. The summed E-state index contributed by atoms with van der Waals surface area (Å²) in [4.78, 5) is 26.9. The van der Waals surface area contributed by atoms with Gasteiger partial charge in [0.05, 0.1) is 18.1 Å². The number of aliphatic hydroxyl groups is 1. The lowest BCUT2D eigenvalue weighted by atomic mass is 9.99. The highest BCUT2D eigenvalue weighted by Gasteiger charge is 2.42. The average molecular weight is 400 g/mol. The molecule has 1 fully saturated rings. The number of fused-ring (bicyclic) bond motifs is 1. The number of benzene rings is 2. The zero-order valence-electron chi connectivity index (χ0n) is 16.2. The Bertz CT molecular complexity index is 895. The molecule has 2 amide bonds. The molecule has 0 bridgehead atoms. The molecule has 1 N–H and O–H groups in total. The quantitative estimate of drug-likeness (QED) is 0.727. The van der Waals surface area contributed by atoms with Crippen LogP contribution in [-0.2, 0) is 9.53 Å². The van der Waals surface area contributed by atoms with Crippen molar-refractivity contribution in [3.05, 3.63) is 53.9 Å². The van der Waals surface area contributed by atoms with Crippen molar-refractivity contribution in [1.29, 1.82) is 0 Å². The molecule has 1 aliphatic rings. The van der Waals surface area contributed by atoms with Crippen molar-refractivity contribution in [2.45, 2.75) is 37.8 Å². The van der Waals surface area contributed by atoms with Gasteiger partial charge in [-0.25, -0.2) is 9.69 Å². The number of hydrogen-bond acceptors (Lipinski definition) is 5. The third kappa shape index (κ3) is 4.39. The van der Waals surface area contributed by atoms with Crippen molar-refractivity contribution in [1.82, 2.24) is 4.90 Å². The minimum atomic E-state index is -0.985. The average Bonchev–Trinajstić information content (AvgIpc) is 3.08. The standard InChI is InChI=1S/C22H25NO4S/c1-14(2)19-13-27-22(26)23(19)21(25)15(3)20(24)10-11-28-18-9-8-16-6-4-5-7-17(16)12-18/h4-12,14-15,19-20,24H,13H2,1-3H3/b11-10+/t15-,19-,20+/m1/s1. The minimum Gasteiger partial charge on any atom is -0.447 e. The van der Waals surface area contributed by atoms with E-state index < -0.39 is 24.0 Å². The molecule has 148 valence electrons. The number of nitrogens with zero attached hydrogens (tertiary/aromatic N) is 1. The van der Waals surface area contributed by atoms with Gasteiger partial charge in [-0.2, -0.15) is 0 Å². The first-order chi connectivity index (χ1) is 13.4. The van der Waals surface area contributed by atoms with E-state index in [1.54, 1.807) is 18.4 Å². The second-order valence-corrected chi connectivity index (χ2v) is 8.31. The molecule has 2 aromatic carbocycles. The largest absolute Gasteiger partial charge is 0.447 e. The monoisotopic (exact) mass is 399 g/mol. The molecule has 1 saturated heterocycles. The Morgan fingerprint density at radius 3 is 2.64 bits per heavy atom. The van der Waals surface area contributed by atoms with Crippen molar-refractivity contribution in [3.63, 3.8) is 0 Å². The first-order valence-corrected chi connectivity index (χ1v) is 10.3. The maximum absolute atomic E-state index is 12.7. The number of cyclic esters (lactones) is 1. The molecule has 0 saturated carbocycles. The van der Waals surface area contributed by atoms with E-state index >= 15 is 0 Å². The summed E-state index contributed by atoms with van der Waals surface area (Å²) in [6.45, 7) is 5.71. The molecular formula is C22H25NO4S. The number of ether oxygens (including phenoxy) is 1. The van der Waals surface area contributed by atoms with Crippen LogP contribution in [0.1, 0.15) is 20.8 Å². The fraction of sp³-hybridized carbons (Fsp3) is 0.364. The lowest BCUT2D eigenvalue weighted by Crippen LogP contribution is -2.46. The van der Waals surface area contributed by atoms with Gasteiger partial charge in [0.1, 0.15) is 6.61 Å². The maximum atomic E-state index is 12.7. The minimum absolute atomic E-state index is 0.0961. The Labute approximate surface area is 169 Å². The molecule has 1 heterocycles. The normalized spacial score (nSPS) is 19.4. The van der Waals surface area contributed by atoms with E-state index in [-0.39, 0.29) is 18.6 Å². The number of hydrogen-bond donors (Lipinski definition) is 1. The van der Waals surface area contributed by atoms with Crippen molar-refractivity contribution < 1.29 is 19.4 Å². The molecule has 28 heavy (non-hydrogen) atoms. The number of aliphatic hydroxyl groups excluding tert-OH is 1. The topological polar surface area (TPSA) is 66.8 Å². The van der Waals surface area contributed by atoms with E-state index in [1.165, 1.54) is 17.1 Å². The lowest BCUT2D eigenvalue weighted by molar-refractivity contribution is -0.136. The molecular weight excluding hydrogens is 374 g/mol. The van der Waals surface area contributed by atoms with Crippen LogP contribution >= 0.6 is 11.8 Å². The predicted octanol–water partition coefficient (Wildman–Crippen LogP) is 4.45. The number of carbonyl (C=O) groups is 2. The zero-order chi connectivity index (χ0) is 20.3. The van der Waals surface area contributed by atoms with Crippen molar-refractivity contribution >= 4 is 34.5 Å². The molecule has 6 heteroatoms. The summed E-state index contributed by atoms with van der Waals surface area (Å²) in [7, 11) is 0. The number of rotatable bonds is 6. The van der Waals surface area contributed by atoms with Crippen LogP contribution < -0.4 is 0 Å². The number of thioether (sulfide) groups is 1. The molecule has 0 unspecified atom stereocenters. The van der Waals surface area contributed by atoms with Gasteiger partial charge in [-0.3, -0.25) is 4.79 Å². The second-order valence-electron chi connectivity index (χ2n) is 7.33. The zero-order valence-corrected chi connectivity index (χ0v) is 17.1. The summed E-state index contributed by atoms with van der Waals surface area (Å²) in [6, 6.07) is 14.0. The molecule has 3 atom stereocenters. The predicted molar refractivity (Wildman–Crippen MR) is 111 cm³/mol. The highest BCUT2D eigenvalue weighted by molar-refractivity contribution is 8.02. The van der Waals surface area contributed by atoms with Gasteiger partial charge in [0.2, 0.25) is 5.91 Å². The summed E-state index contributed by atoms with van der Waals surface area (Å²) in [5.74, 6) is -1.05. The summed E-state index contributed by atoms with van der Waals surface area (Å²) < 4.78 is 5.03. The van der Waals surface area contributed by atoms with E-state index in [1.807, 2.05) is 32.0 Å². The van der Waals surface area contributed by atoms with E-state index in [9.17, 15) is 14.7 Å². The van der Waals surface area contributed by atoms with Gasteiger partial charge in [0, 0.05) is 4.90 Å². The Morgan fingerprint density at radius 1 is 1.21 bits per heavy atom. The lowest BCUT2D eigenvalue weighted by Gasteiger charge is -2.26.